The van der Waals surface area contributed by atoms with E-state index in [1.807, 2.05) is 42.1 Å². The summed E-state index contributed by atoms with van der Waals surface area (Å²) < 4.78 is 0.326. The molecule has 1 aromatic carbocycles. The third-order valence-electron chi connectivity index (χ3n) is 3.82. The average molecular weight is 293 g/mol. The highest BCUT2D eigenvalue weighted by Gasteiger charge is 2.29. The molecule has 2 unspecified atom stereocenters. The van der Waals surface area contributed by atoms with E-state index in [9.17, 15) is 0 Å². The summed E-state index contributed by atoms with van der Waals surface area (Å²) in [7, 11) is 0. The molecule has 1 saturated heterocycles. The summed E-state index contributed by atoms with van der Waals surface area (Å²) >= 11 is 2.03. The van der Waals surface area contributed by atoms with Gasteiger partial charge in [-0.05, 0) is 31.1 Å². The van der Waals surface area contributed by atoms with Crippen molar-refractivity contribution in [3.05, 3.63) is 35.9 Å². The van der Waals surface area contributed by atoms with Crippen molar-refractivity contribution in [2.75, 3.05) is 18.8 Å². The molecular formula is C15H23N3OS. The molecule has 1 aliphatic heterocycles. The van der Waals surface area contributed by atoms with Crippen molar-refractivity contribution in [2.45, 2.75) is 30.4 Å². The Balaban J connectivity index is 1.95. The van der Waals surface area contributed by atoms with Crippen LogP contribution in [0.25, 0.3) is 0 Å². The Kier molecular flexibility index (Phi) is 5.31. The Morgan fingerprint density at radius 1 is 1.50 bits per heavy atom. The van der Waals surface area contributed by atoms with Gasteiger partial charge in [-0.25, -0.2) is 0 Å². The number of nitrogens with two attached hydrogens (primary N) is 1. The molecule has 1 heterocycles. The van der Waals surface area contributed by atoms with Crippen LogP contribution in [0.5, 0.6) is 0 Å². The highest BCUT2D eigenvalue weighted by Crippen LogP contribution is 2.37. The van der Waals surface area contributed by atoms with Gasteiger partial charge in [0.1, 0.15) is 5.84 Å². The molecule has 0 amide bonds. The third-order valence-corrected chi connectivity index (χ3v) is 5.36. The van der Waals surface area contributed by atoms with Gasteiger partial charge in [0.25, 0.3) is 0 Å². The van der Waals surface area contributed by atoms with E-state index >= 15 is 0 Å². The van der Waals surface area contributed by atoms with Crippen LogP contribution in [-0.2, 0) is 0 Å². The van der Waals surface area contributed by atoms with Gasteiger partial charge in [0.2, 0.25) is 0 Å². The standard InChI is InChI=1S/C15H23N3OS/c1-15(8-5-9-20-15)11-17-10-13(14(16)18-19)12-6-3-2-4-7-12/h2-4,6-7,13,17,19H,5,8-11H2,1H3,(H2,16,18). The first-order valence-corrected chi connectivity index (χ1v) is 8.00. The summed E-state index contributed by atoms with van der Waals surface area (Å²) in [6, 6.07) is 9.94. The maximum Gasteiger partial charge on any atom is 0.147 e. The van der Waals surface area contributed by atoms with Crippen molar-refractivity contribution < 1.29 is 5.21 Å². The van der Waals surface area contributed by atoms with Gasteiger partial charge >= 0.3 is 0 Å². The van der Waals surface area contributed by atoms with E-state index in [1.54, 1.807) is 0 Å². The lowest BCUT2D eigenvalue weighted by atomic mass is 9.97. The predicted octanol–water partition coefficient (Wildman–Crippen LogP) is 2.39. The average Bonchev–Trinajstić information content (AvgIpc) is 2.91. The minimum atomic E-state index is -0.0868. The number of hydrogen-bond acceptors (Lipinski definition) is 4. The first-order chi connectivity index (χ1) is 9.64. The molecule has 20 heavy (non-hydrogen) atoms. The zero-order chi connectivity index (χ0) is 14.4. The molecule has 110 valence electrons. The number of thioether (sulfide) groups is 1. The fraction of sp³-hybridized carbons (Fsp3) is 0.533. The van der Waals surface area contributed by atoms with E-state index < -0.39 is 0 Å². The number of nitrogens with zero attached hydrogens (tertiary/aromatic N) is 1. The van der Waals surface area contributed by atoms with Crippen LogP contribution < -0.4 is 11.1 Å². The second-order valence-corrected chi connectivity index (χ2v) is 7.20. The second-order valence-electron chi connectivity index (χ2n) is 5.52. The van der Waals surface area contributed by atoms with Crippen molar-refractivity contribution in [1.29, 1.82) is 0 Å². The number of amidine groups is 1. The highest BCUT2D eigenvalue weighted by atomic mass is 32.2. The van der Waals surface area contributed by atoms with Crippen LogP contribution in [0, 0.1) is 0 Å². The molecule has 5 heteroatoms. The van der Waals surface area contributed by atoms with E-state index in [4.69, 9.17) is 10.9 Å². The Hall–Kier alpha value is -1.20. The largest absolute Gasteiger partial charge is 0.409 e. The second kappa shape index (κ2) is 6.99. The summed E-state index contributed by atoms with van der Waals surface area (Å²) in [5.41, 5.74) is 6.90. The maximum absolute atomic E-state index is 8.96. The first kappa shape index (κ1) is 15.2. The lowest BCUT2D eigenvalue weighted by Gasteiger charge is -2.25. The number of hydrogen-bond donors (Lipinski definition) is 3. The van der Waals surface area contributed by atoms with Gasteiger partial charge in [-0.2, -0.15) is 11.8 Å². The molecule has 4 nitrogen and oxygen atoms in total. The summed E-state index contributed by atoms with van der Waals surface area (Å²) in [6.07, 6.45) is 2.55. The first-order valence-electron chi connectivity index (χ1n) is 7.02. The molecule has 0 aromatic heterocycles. The molecule has 0 spiro atoms. The van der Waals surface area contributed by atoms with Gasteiger partial charge in [-0.1, -0.05) is 35.5 Å². The van der Waals surface area contributed by atoms with Crippen molar-refractivity contribution >= 4 is 17.6 Å². The van der Waals surface area contributed by atoms with Crippen LogP contribution in [0.3, 0.4) is 0 Å². The van der Waals surface area contributed by atoms with Crippen LogP contribution in [0.4, 0.5) is 0 Å². The fourth-order valence-electron chi connectivity index (χ4n) is 2.61. The number of nitrogens with one attached hydrogen (secondary N) is 1. The molecule has 1 fully saturated rings. The smallest absolute Gasteiger partial charge is 0.147 e. The minimum absolute atomic E-state index is 0.0868. The van der Waals surface area contributed by atoms with Gasteiger partial charge in [-0.15, -0.1) is 0 Å². The lowest BCUT2D eigenvalue weighted by molar-refractivity contribution is 0.315. The summed E-state index contributed by atoms with van der Waals surface area (Å²) in [5, 5.41) is 15.6. The lowest BCUT2D eigenvalue weighted by Crippen LogP contribution is -2.38. The number of oxime groups is 1. The Labute approximate surface area is 124 Å². The van der Waals surface area contributed by atoms with E-state index in [-0.39, 0.29) is 11.8 Å². The third kappa shape index (κ3) is 3.90. The molecule has 2 atom stereocenters. The fourth-order valence-corrected chi connectivity index (χ4v) is 3.88. The molecule has 1 aliphatic rings. The van der Waals surface area contributed by atoms with Crippen molar-refractivity contribution in [3.63, 3.8) is 0 Å². The number of rotatable bonds is 6. The Morgan fingerprint density at radius 2 is 2.25 bits per heavy atom. The van der Waals surface area contributed by atoms with Crippen LogP contribution in [0.1, 0.15) is 31.2 Å². The van der Waals surface area contributed by atoms with Crippen LogP contribution >= 0.6 is 11.8 Å². The van der Waals surface area contributed by atoms with Crippen molar-refractivity contribution in [2.24, 2.45) is 10.9 Å². The van der Waals surface area contributed by atoms with Gasteiger partial charge in [-0.3, -0.25) is 0 Å². The monoisotopic (exact) mass is 293 g/mol. The van der Waals surface area contributed by atoms with Crippen LogP contribution in [0.2, 0.25) is 0 Å². The maximum atomic E-state index is 8.96. The summed E-state index contributed by atoms with van der Waals surface area (Å²) in [6.45, 7) is 3.95. The van der Waals surface area contributed by atoms with Crippen molar-refractivity contribution in [3.8, 4) is 0 Å². The Bertz CT molecular complexity index is 444. The van der Waals surface area contributed by atoms with Gasteiger partial charge < -0.3 is 16.3 Å². The minimum Gasteiger partial charge on any atom is -0.409 e. The molecule has 0 saturated carbocycles. The molecule has 1 aromatic rings. The quantitative estimate of drug-likeness (QED) is 0.326. The molecule has 4 N–H and O–H groups in total. The van der Waals surface area contributed by atoms with Gasteiger partial charge in [0, 0.05) is 17.8 Å². The molecular weight excluding hydrogens is 270 g/mol. The molecule has 2 rings (SSSR count). The number of benzene rings is 1. The van der Waals surface area contributed by atoms with E-state index in [0.717, 1.165) is 12.1 Å². The van der Waals surface area contributed by atoms with E-state index in [2.05, 4.69) is 17.4 Å². The zero-order valence-corrected chi connectivity index (χ0v) is 12.7. The molecule has 0 bridgehead atoms. The van der Waals surface area contributed by atoms with Gasteiger partial charge in [0.05, 0.1) is 5.92 Å². The Morgan fingerprint density at radius 3 is 2.85 bits per heavy atom. The predicted molar refractivity (Wildman–Crippen MR) is 85.6 cm³/mol. The van der Waals surface area contributed by atoms with Crippen molar-refractivity contribution in [1.82, 2.24) is 5.32 Å². The summed E-state index contributed by atoms with van der Waals surface area (Å²) in [5.74, 6) is 1.42. The molecule has 0 radical (unpaired) electrons. The van der Waals surface area contributed by atoms with E-state index in [0.29, 0.717) is 11.3 Å². The highest BCUT2D eigenvalue weighted by molar-refractivity contribution is 8.00. The normalized spacial score (nSPS) is 24.8. The summed E-state index contributed by atoms with van der Waals surface area (Å²) in [4.78, 5) is 0. The zero-order valence-electron chi connectivity index (χ0n) is 11.9. The SMILES string of the molecule is CC1(CNCC(/C(N)=N/O)c2ccccc2)CCCS1. The van der Waals surface area contributed by atoms with Gasteiger partial charge in [0.15, 0.2) is 0 Å². The molecule has 0 aliphatic carbocycles. The van der Waals surface area contributed by atoms with Crippen LogP contribution in [0.15, 0.2) is 35.5 Å². The van der Waals surface area contributed by atoms with Crippen LogP contribution in [-0.4, -0.2) is 34.6 Å². The topological polar surface area (TPSA) is 70.6 Å². The van der Waals surface area contributed by atoms with E-state index in [1.165, 1.54) is 18.6 Å².